The average Bonchev–Trinajstić information content (AvgIpc) is 3.13. The van der Waals surface area contributed by atoms with Gasteiger partial charge in [0.2, 0.25) is 0 Å². The summed E-state index contributed by atoms with van der Waals surface area (Å²) in [5.74, 6) is -0.954. The van der Waals surface area contributed by atoms with Crippen molar-refractivity contribution in [2.75, 3.05) is 26.3 Å². The van der Waals surface area contributed by atoms with E-state index >= 15 is 0 Å². The number of carboxylic acid groups (broad SMARTS) is 1. The molecule has 2 aliphatic rings. The minimum Gasteiger partial charge on any atom is -0.478 e. The molecule has 0 bridgehead atoms. The third kappa shape index (κ3) is 4.93. The molecule has 0 aromatic heterocycles. The molecule has 0 aliphatic carbocycles. The van der Waals surface area contributed by atoms with Gasteiger partial charge in [0.25, 0.3) is 0 Å². The van der Waals surface area contributed by atoms with Crippen LogP contribution in [0.4, 0.5) is 4.79 Å². The van der Waals surface area contributed by atoms with Crippen LogP contribution in [-0.2, 0) is 16.0 Å². The molecule has 1 unspecified atom stereocenters. The number of rotatable bonds is 5. The summed E-state index contributed by atoms with van der Waals surface area (Å²) in [5, 5.41) is 11.8. The van der Waals surface area contributed by atoms with Crippen LogP contribution < -0.4 is 5.32 Å². The van der Waals surface area contributed by atoms with Crippen LogP contribution in [0, 0.1) is 0 Å². The summed E-state index contributed by atoms with van der Waals surface area (Å²) in [4.78, 5) is 24.9. The summed E-state index contributed by atoms with van der Waals surface area (Å²) in [7, 11) is 0. The van der Waals surface area contributed by atoms with Crippen LogP contribution in [0.5, 0.6) is 0 Å². The third-order valence-corrected chi connectivity index (χ3v) is 4.65. The molecule has 136 valence electrons. The van der Waals surface area contributed by atoms with E-state index < -0.39 is 5.97 Å². The number of carbonyl (C=O) groups is 2. The zero-order chi connectivity index (χ0) is 17.6. The number of nitrogens with one attached hydrogen (secondary N) is 1. The van der Waals surface area contributed by atoms with E-state index in [0.29, 0.717) is 26.2 Å². The van der Waals surface area contributed by atoms with Crippen molar-refractivity contribution in [3.05, 3.63) is 35.4 Å². The van der Waals surface area contributed by atoms with E-state index in [4.69, 9.17) is 14.6 Å². The number of urea groups is 1. The van der Waals surface area contributed by atoms with E-state index in [1.807, 2.05) is 0 Å². The van der Waals surface area contributed by atoms with Gasteiger partial charge in [0.05, 0.1) is 24.4 Å². The number of carboxylic acids is 1. The molecule has 0 saturated carbocycles. The molecule has 3 rings (SSSR count). The number of benzene rings is 1. The highest BCUT2D eigenvalue weighted by molar-refractivity contribution is 5.87. The predicted octanol–water partition coefficient (Wildman–Crippen LogP) is 1.86. The third-order valence-electron chi connectivity index (χ3n) is 4.65. The molecule has 2 fully saturated rings. The largest absolute Gasteiger partial charge is 0.478 e. The van der Waals surface area contributed by atoms with Crippen LogP contribution in [-0.4, -0.2) is 60.5 Å². The molecule has 2 heterocycles. The monoisotopic (exact) mass is 348 g/mol. The Morgan fingerprint density at radius 2 is 1.88 bits per heavy atom. The first-order valence-corrected chi connectivity index (χ1v) is 8.70. The summed E-state index contributed by atoms with van der Waals surface area (Å²) >= 11 is 0. The van der Waals surface area contributed by atoms with Crippen LogP contribution in [0.3, 0.4) is 0 Å². The number of carbonyl (C=O) groups excluding carboxylic acids is 1. The van der Waals surface area contributed by atoms with Crippen LogP contribution in [0.2, 0.25) is 0 Å². The molecular weight excluding hydrogens is 324 g/mol. The fourth-order valence-corrected chi connectivity index (χ4v) is 3.14. The Bertz CT molecular complexity index is 590. The molecule has 0 spiro atoms. The second kappa shape index (κ2) is 8.31. The second-order valence-electron chi connectivity index (χ2n) is 6.47. The minimum absolute atomic E-state index is 0.0926. The summed E-state index contributed by atoms with van der Waals surface area (Å²) in [6.07, 6.45) is 3.06. The van der Waals surface area contributed by atoms with Crippen molar-refractivity contribution in [2.45, 2.75) is 38.0 Å². The molecular formula is C18H24N2O5. The Balaban J connectivity index is 1.39. The highest BCUT2D eigenvalue weighted by Crippen LogP contribution is 2.19. The molecule has 2 saturated heterocycles. The normalized spacial score (nSPS) is 21.3. The Morgan fingerprint density at radius 3 is 2.48 bits per heavy atom. The van der Waals surface area contributed by atoms with Crippen molar-refractivity contribution < 1.29 is 24.2 Å². The van der Waals surface area contributed by atoms with Gasteiger partial charge >= 0.3 is 12.0 Å². The quantitative estimate of drug-likeness (QED) is 0.848. The number of ether oxygens (including phenoxy) is 2. The Morgan fingerprint density at radius 1 is 1.16 bits per heavy atom. The molecule has 7 nitrogen and oxygen atoms in total. The fraction of sp³-hybridized carbons (Fsp3) is 0.556. The zero-order valence-electron chi connectivity index (χ0n) is 14.1. The number of hydrogen-bond acceptors (Lipinski definition) is 4. The van der Waals surface area contributed by atoms with E-state index in [2.05, 4.69) is 5.32 Å². The molecule has 1 aromatic carbocycles. The molecule has 1 atom stereocenters. The van der Waals surface area contributed by atoms with Crippen molar-refractivity contribution in [3.63, 3.8) is 0 Å². The zero-order valence-corrected chi connectivity index (χ0v) is 14.1. The highest BCUT2D eigenvalue weighted by Gasteiger charge is 2.26. The van der Waals surface area contributed by atoms with Gasteiger partial charge in [-0.15, -0.1) is 0 Å². The molecule has 7 heteroatoms. The van der Waals surface area contributed by atoms with Gasteiger partial charge in [-0.1, -0.05) is 12.1 Å². The SMILES string of the molecule is O=C(O)c1ccc(CNC(=O)N2CCC(OC3CCOC3)CC2)cc1. The van der Waals surface area contributed by atoms with Crippen LogP contribution in [0.25, 0.3) is 0 Å². The maximum absolute atomic E-state index is 12.3. The van der Waals surface area contributed by atoms with Crippen LogP contribution >= 0.6 is 0 Å². The molecule has 1 aromatic rings. The highest BCUT2D eigenvalue weighted by atomic mass is 16.5. The number of nitrogens with zero attached hydrogens (tertiary/aromatic N) is 1. The maximum atomic E-state index is 12.3. The molecule has 25 heavy (non-hydrogen) atoms. The van der Waals surface area contributed by atoms with E-state index in [-0.39, 0.29) is 23.8 Å². The number of hydrogen-bond donors (Lipinski definition) is 2. The lowest BCUT2D eigenvalue weighted by atomic mass is 10.1. The van der Waals surface area contributed by atoms with Crippen molar-refractivity contribution in [1.29, 1.82) is 0 Å². The van der Waals surface area contributed by atoms with Crippen molar-refractivity contribution in [2.24, 2.45) is 0 Å². The van der Waals surface area contributed by atoms with E-state index in [0.717, 1.165) is 31.4 Å². The van der Waals surface area contributed by atoms with Crippen molar-refractivity contribution in [1.82, 2.24) is 10.2 Å². The summed E-state index contributed by atoms with van der Waals surface area (Å²) in [6, 6.07) is 6.42. The van der Waals surface area contributed by atoms with E-state index in [9.17, 15) is 9.59 Å². The van der Waals surface area contributed by atoms with Gasteiger partial charge in [0.15, 0.2) is 0 Å². The molecule has 2 N–H and O–H groups in total. The lowest BCUT2D eigenvalue weighted by molar-refractivity contribution is -0.0392. The van der Waals surface area contributed by atoms with Gasteiger partial charge in [-0.2, -0.15) is 0 Å². The van der Waals surface area contributed by atoms with Crippen LogP contribution in [0.15, 0.2) is 24.3 Å². The predicted molar refractivity (Wildman–Crippen MR) is 90.5 cm³/mol. The van der Waals surface area contributed by atoms with Gasteiger partial charge < -0.3 is 24.8 Å². The number of amides is 2. The van der Waals surface area contributed by atoms with E-state index in [1.165, 1.54) is 0 Å². The first-order chi connectivity index (χ1) is 12.1. The number of piperidine rings is 1. The van der Waals surface area contributed by atoms with Gasteiger partial charge in [-0.25, -0.2) is 9.59 Å². The Hall–Kier alpha value is -2.12. The van der Waals surface area contributed by atoms with Gasteiger partial charge in [-0.3, -0.25) is 0 Å². The number of aromatic carboxylic acids is 1. The Labute approximate surface area is 146 Å². The molecule has 2 aliphatic heterocycles. The molecule has 0 radical (unpaired) electrons. The van der Waals surface area contributed by atoms with Crippen molar-refractivity contribution >= 4 is 12.0 Å². The van der Waals surface area contributed by atoms with Gasteiger partial charge in [-0.05, 0) is 37.0 Å². The maximum Gasteiger partial charge on any atom is 0.335 e. The molecule has 2 amide bonds. The van der Waals surface area contributed by atoms with Gasteiger partial charge in [0, 0.05) is 26.2 Å². The first-order valence-electron chi connectivity index (χ1n) is 8.70. The van der Waals surface area contributed by atoms with E-state index in [1.54, 1.807) is 29.2 Å². The second-order valence-corrected chi connectivity index (χ2v) is 6.47. The average molecular weight is 348 g/mol. The van der Waals surface area contributed by atoms with Crippen molar-refractivity contribution in [3.8, 4) is 0 Å². The summed E-state index contributed by atoms with van der Waals surface area (Å²) in [5.41, 5.74) is 1.11. The summed E-state index contributed by atoms with van der Waals surface area (Å²) in [6.45, 7) is 3.21. The van der Waals surface area contributed by atoms with Gasteiger partial charge in [0.1, 0.15) is 0 Å². The minimum atomic E-state index is -0.954. The topological polar surface area (TPSA) is 88.1 Å². The lowest BCUT2D eigenvalue weighted by Crippen LogP contribution is -2.46. The first kappa shape index (κ1) is 17.7. The smallest absolute Gasteiger partial charge is 0.335 e. The number of likely N-dealkylation sites (tertiary alicyclic amines) is 1. The Kier molecular flexibility index (Phi) is 5.88. The summed E-state index contributed by atoms with van der Waals surface area (Å²) < 4.78 is 11.3. The fourth-order valence-electron chi connectivity index (χ4n) is 3.14. The standard InChI is InChI=1S/C18H24N2O5/c21-17(22)14-3-1-13(2-4-14)11-19-18(23)20-8-5-15(6-9-20)25-16-7-10-24-12-16/h1-4,15-16H,5-12H2,(H,19,23)(H,21,22). The van der Waals surface area contributed by atoms with Crippen LogP contribution in [0.1, 0.15) is 35.2 Å². The lowest BCUT2D eigenvalue weighted by Gasteiger charge is -2.33.